The van der Waals surface area contributed by atoms with Crippen molar-refractivity contribution in [3.63, 3.8) is 0 Å². The minimum Gasteiger partial charge on any atom is -0.497 e. The summed E-state index contributed by atoms with van der Waals surface area (Å²) in [5.74, 6) is -0.109. The SMILES string of the molecule is COc1ccc2[nH]c(=O)c(CNC(=O)c3ccc(F)cc3)cc2c1. The topological polar surface area (TPSA) is 71.2 Å². The van der Waals surface area contributed by atoms with Gasteiger partial charge in [-0.1, -0.05) is 0 Å². The zero-order valence-electron chi connectivity index (χ0n) is 12.9. The highest BCUT2D eigenvalue weighted by Gasteiger charge is 2.08. The lowest BCUT2D eigenvalue weighted by Gasteiger charge is -2.07. The van der Waals surface area contributed by atoms with Gasteiger partial charge in [-0.15, -0.1) is 0 Å². The van der Waals surface area contributed by atoms with Crippen LogP contribution in [0.5, 0.6) is 5.75 Å². The molecule has 1 aromatic heterocycles. The average Bonchev–Trinajstić information content (AvgIpc) is 2.60. The highest BCUT2D eigenvalue weighted by molar-refractivity contribution is 5.94. The first kappa shape index (κ1) is 15.7. The number of rotatable bonds is 4. The fourth-order valence-corrected chi connectivity index (χ4v) is 2.37. The van der Waals surface area contributed by atoms with E-state index >= 15 is 0 Å². The Hall–Kier alpha value is -3.15. The van der Waals surface area contributed by atoms with Gasteiger partial charge in [-0.25, -0.2) is 4.39 Å². The van der Waals surface area contributed by atoms with Crippen molar-refractivity contribution < 1.29 is 13.9 Å². The Morgan fingerprint density at radius 2 is 1.92 bits per heavy atom. The largest absolute Gasteiger partial charge is 0.497 e. The number of carbonyl (C=O) groups is 1. The Morgan fingerprint density at radius 1 is 1.17 bits per heavy atom. The lowest BCUT2D eigenvalue weighted by atomic mass is 10.1. The number of ether oxygens (including phenoxy) is 1. The van der Waals surface area contributed by atoms with E-state index in [1.54, 1.807) is 31.4 Å². The number of nitrogens with one attached hydrogen (secondary N) is 2. The van der Waals surface area contributed by atoms with E-state index in [1.807, 2.05) is 0 Å². The third-order valence-electron chi connectivity index (χ3n) is 3.67. The predicted octanol–water partition coefficient (Wildman–Crippen LogP) is 2.61. The Morgan fingerprint density at radius 3 is 2.62 bits per heavy atom. The predicted molar refractivity (Wildman–Crippen MR) is 88.7 cm³/mol. The van der Waals surface area contributed by atoms with Gasteiger partial charge in [0.2, 0.25) is 0 Å². The molecule has 0 spiro atoms. The molecule has 3 aromatic rings. The van der Waals surface area contributed by atoms with Gasteiger partial charge in [0.25, 0.3) is 11.5 Å². The van der Waals surface area contributed by atoms with Crippen LogP contribution in [0.4, 0.5) is 4.39 Å². The molecule has 0 saturated carbocycles. The molecule has 0 saturated heterocycles. The normalized spacial score (nSPS) is 10.6. The lowest BCUT2D eigenvalue weighted by Crippen LogP contribution is -2.26. The van der Waals surface area contributed by atoms with Crippen LogP contribution in [0, 0.1) is 5.82 Å². The van der Waals surface area contributed by atoms with Crippen molar-refractivity contribution in [1.82, 2.24) is 10.3 Å². The zero-order valence-corrected chi connectivity index (χ0v) is 12.9. The first-order valence-corrected chi connectivity index (χ1v) is 7.30. The van der Waals surface area contributed by atoms with Gasteiger partial charge < -0.3 is 15.0 Å². The molecule has 2 aromatic carbocycles. The molecule has 3 rings (SSSR count). The van der Waals surface area contributed by atoms with Crippen LogP contribution in [0.2, 0.25) is 0 Å². The Bertz CT molecular complexity index is 949. The van der Waals surface area contributed by atoms with E-state index in [4.69, 9.17) is 4.74 Å². The molecule has 24 heavy (non-hydrogen) atoms. The van der Waals surface area contributed by atoms with Crippen LogP contribution in [0.15, 0.2) is 53.3 Å². The van der Waals surface area contributed by atoms with E-state index in [0.29, 0.717) is 22.4 Å². The molecular weight excluding hydrogens is 311 g/mol. The monoisotopic (exact) mass is 326 g/mol. The van der Waals surface area contributed by atoms with Crippen LogP contribution in [0.25, 0.3) is 10.9 Å². The van der Waals surface area contributed by atoms with E-state index in [9.17, 15) is 14.0 Å². The fourth-order valence-electron chi connectivity index (χ4n) is 2.37. The summed E-state index contributed by atoms with van der Waals surface area (Å²) in [6.07, 6.45) is 0. The quantitative estimate of drug-likeness (QED) is 0.774. The summed E-state index contributed by atoms with van der Waals surface area (Å²) in [5.41, 5.74) is 1.17. The van der Waals surface area contributed by atoms with E-state index in [1.165, 1.54) is 24.3 Å². The summed E-state index contributed by atoms with van der Waals surface area (Å²) in [5, 5.41) is 3.46. The third-order valence-corrected chi connectivity index (χ3v) is 3.67. The molecule has 0 radical (unpaired) electrons. The molecule has 1 amide bonds. The first-order valence-electron chi connectivity index (χ1n) is 7.30. The van der Waals surface area contributed by atoms with Gasteiger partial charge in [-0.05, 0) is 48.5 Å². The second-order valence-electron chi connectivity index (χ2n) is 5.27. The summed E-state index contributed by atoms with van der Waals surface area (Å²) >= 11 is 0. The molecule has 5 nitrogen and oxygen atoms in total. The molecule has 2 N–H and O–H groups in total. The summed E-state index contributed by atoms with van der Waals surface area (Å²) in [6.45, 7) is 0.0681. The van der Waals surface area contributed by atoms with E-state index in [2.05, 4.69) is 10.3 Å². The molecular formula is C18H15FN2O3. The number of methoxy groups -OCH3 is 1. The second-order valence-corrected chi connectivity index (χ2v) is 5.27. The summed E-state index contributed by atoms with van der Waals surface area (Å²) in [7, 11) is 1.57. The zero-order chi connectivity index (χ0) is 17.1. The molecule has 0 aliphatic rings. The number of aromatic nitrogens is 1. The highest BCUT2D eigenvalue weighted by atomic mass is 19.1. The maximum absolute atomic E-state index is 12.9. The van der Waals surface area contributed by atoms with Crippen molar-refractivity contribution in [3.8, 4) is 5.75 Å². The van der Waals surface area contributed by atoms with E-state index in [0.717, 1.165) is 5.39 Å². The third kappa shape index (κ3) is 3.27. The molecule has 1 heterocycles. The van der Waals surface area contributed by atoms with Crippen LogP contribution in [-0.4, -0.2) is 18.0 Å². The van der Waals surface area contributed by atoms with Crippen molar-refractivity contribution >= 4 is 16.8 Å². The van der Waals surface area contributed by atoms with Gasteiger partial charge in [0.1, 0.15) is 11.6 Å². The number of halogens is 1. The number of hydrogen-bond donors (Lipinski definition) is 2. The number of aromatic amines is 1. The minimum atomic E-state index is -0.411. The van der Waals surface area contributed by atoms with Crippen molar-refractivity contribution in [3.05, 3.63) is 75.8 Å². The fraction of sp³-hybridized carbons (Fsp3) is 0.111. The number of fused-ring (bicyclic) bond motifs is 1. The van der Waals surface area contributed by atoms with Gasteiger partial charge >= 0.3 is 0 Å². The van der Waals surface area contributed by atoms with Crippen LogP contribution in [0.3, 0.4) is 0 Å². The number of hydrogen-bond acceptors (Lipinski definition) is 3. The van der Waals surface area contributed by atoms with Gasteiger partial charge in [0, 0.05) is 28.6 Å². The van der Waals surface area contributed by atoms with E-state index in [-0.39, 0.29) is 18.0 Å². The molecule has 0 bridgehead atoms. The number of pyridine rings is 1. The van der Waals surface area contributed by atoms with Gasteiger partial charge in [-0.3, -0.25) is 9.59 Å². The number of carbonyl (C=O) groups excluding carboxylic acids is 1. The molecule has 0 aliphatic heterocycles. The van der Waals surface area contributed by atoms with Crippen molar-refractivity contribution in [1.29, 1.82) is 0 Å². The standard InChI is InChI=1S/C18H15FN2O3/c1-24-15-6-7-16-12(9-15)8-13(18(23)21-16)10-20-17(22)11-2-4-14(19)5-3-11/h2-9H,10H2,1H3,(H,20,22)(H,21,23). The average molecular weight is 326 g/mol. The molecule has 0 atom stereocenters. The molecule has 0 fully saturated rings. The maximum Gasteiger partial charge on any atom is 0.253 e. The van der Waals surface area contributed by atoms with Gasteiger partial charge in [-0.2, -0.15) is 0 Å². The Balaban J connectivity index is 1.81. The molecule has 122 valence electrons. The van der Waals surface area contributed by atoms with Gasteiger partial charge in [0.05, 0.1) is 7.11 Å². The first-order chi connectivity index (χ1) is 11.6. The second kappa shape index (κ2) is 6.54. The minimum absolute atomic E-state index is 0.0681. The summed E-state index contributed by atoms with van der Waals surface area (Å²) < 4.78 is 18.0. The number of benzene rings is 2. The van der Waals surface area contributed by atoms with Crippen LogP contribution in [-0.2, 0) is 6.54 Å². The Kier molecular flexibility index (Phi) is 4.29. The number of H-pyrrole nitrogens is 1. The molecule has 0 aliphatic carbocycles. The maximum atomic E-state index is 12.9. The van der Waals surface area contributed by atoms with Crippen molar-refractivity contribution in [2.45, 2.75) is 6.54 Å². The van der Waals surface area contributed by atoms with Crippen LogP contribution < -0.4 is 15.6 Å². The smallest absolute Gasteiger partial charge is 0.253 e. The highest BCUT2D eigenvalue weighted by Crippen LogP contribution is 2.18. The van der Waals surface area contributed by atoms with Crippen LogP contribution in [0.1, 0.15) is 15.9 Å². The van der Waals surface area contributed by atoms with Crippen molar-refractivity contribution in [2.24, 2.45) is 0 Å². The summed E-state index contributed by atoms with van der Waals surface area (Å²) in [6, 6.07) is 12.2. The lowest BCUT2D eigenvalue weighted by molar-refractivity contribution is 0.0950. The van der Waals surface area contributed by atoms with E-state index < -0.39 is 5.82 Å². The Labute approximate surface area is 137 Å². The van der Waals surface area contributed by atoms with Crippen LogP contribution >= 0.6 is 0 Å². The summed E-state index contributed by atoms with van der Waals surface area (Å²) in [4.78, 5) is 26.9. The van der Waals surface area contributed by atoms with Crippen molar-refractivity contribution in [2.75, 3.05) is 7.11 Å². The molecule has 6 heteroatoms. The number of amides is 1. The van der Waals surface area contributed by atoms with Gasteiger partial charge in [0.15, 0.2) is 0 Å². The molecule has 0 unspecified atom stereocenters.